The fourth-order valence-electron chi connectivity index (χ4n) is 2.93. The summed E-state index contributed by atoms with van der Waals surface area (Å²) in [6.45, 7) is 6.87. The average molecular weight is 431 g/mol. The molecule has 2 rings (SSSR count). The van der Waals surface area contributed by atoms with Crippen molar-refractivity contribution in [1.29, 1.82) is 0 Å². The summed E-state index contributed by atoms with van der Waals surface area (Å²) in [5.41, 5.74) is 3.10. The summed E-state index contributed by atoms with van der Waals surface area (Å²) in [6.07, 6.45) is 1.92. The lowest BCUT2D eigenvalue weighted by atomic mass is 10.1. The van der Waals surface area contributed by atoms with Crippen molar-refractivity contribution < 1.29 is 14.0 Å². The van der Waals surface area contributed by atoms with Gasteiger partial charge in [0, 0.05) is 18.8 Å². The van der Waals surface area contributed by atoms with Crippen LogP contribution in [-0.4, -0.2) is 35.1 Å². The van der Waals surface area contributed by atoms with Crippen molar-refractivity contribution in [3.8, 4) is 0 Å². The Labute approximate surface area is 183 Å². The zero-order valence-corrected chi connectivity index (χ0v) is 18.8. The summed E-state index contributed by atoms with van der Waals surface area (Å²) in [4.78, 5) is 27.2. The van der Waals surface area contributed by atoms with E-state index < -0.39 is 6.04 Å². The number of hydrogen-bond donors (Lipinski definition) is 1. The molecule has 4 nitrogen and oxygen atoms in total. The molecule has 1 N–H and O–H groups in total. The van der Waals surface area contributed by atoms with Gasteiger partial charge in [0.05, 0.1) is 5.75 Å². The minimum absolute atomic E-state index is 0.0826. The van der Waals surface area contributed by atoms with Gasteiger partial charge in [-0.1, -0.05) is 55.3 Å². The Kier molecular flexibility index (Phi) is 9.87. The predicted octanol–water partition coefficient (Wildman–Crippen LogP) is 4.70. The molecule has 0 fully saturated rings. The summed E-state index contributed by atoms with van der Waals surface area (Å²) < 4.78 is 13.0. The number of benzene rings is 2. The molecule has 0 aliphatic carbocycles. The molecule has 0 unspecified atom stereocenters. The number of unbranched alkanes of at least 4 members (excludes halogenated alkanes) is 1. The number of amides is 2. The van der Waals surface area contributed by atoms with Crippen LogP contribution in [0.1, 0.15) is 43.4 Å². The SMILES string of the molecule is CCCCNC(=O)[C@H](C)N(Cc1ccc(C)cc1)C(=O)CSCc1ccc(F)cc1. The highest BCUT2D eigenvalue weighted by molar-refractivity contribution is 7.99. The lowest BCUT2D eigenvalue weighted by Gasteiger charge is -2.29. The van der Waals surface area contributed by atoms with Gasteiger partial charge in [0.25, 0.3) is 0 Å². The molecule has 0 saturated heterocycles. The minimum atomic E-state index is -0.554. The van der Waals surface area contributed by atoms with Crippen LogP contribution in [0, 0.1) is 12.7 Å². The lowest BCUT2D eigenvalue weighted by molar-refractivity contribution is -0.138. The van der Waals surface area contributed by atoms with E-state index in [0.29, 0.717) is 18.8 Å². The van der Waals surface area contributed by atoms with Gasteiger partial charge in [-0.05, 0) is 43.5 Å². The number of thioether (sulfide) groups is 1. The van der Waals surface area contributed by atoms with Crippen molar-refractivity contribution in [3.05, 3.63) is 71.0 Å². The monoisotopic (exact) mass is 430 g/mol. The van der Waals surface area contributed by atoms with E-state index in [4.69, 9.17) is 0 Å². The molecule has 0 spiro atoms. The van der Waals surface area contributed by atoms with Crippen molar-refractivity contribution in [3.63, 3.8) is 0 Å². The Hall–Kier alpha value is -2.34. The van der Waals surface area contributed by atoms with Crippen LogP contribution >= 0.6 is 11.8 Å². The molecule has 0 aliphatic heterocycles. The van der Waals surface area contributed by atoms with Crippen molar-refractivity contribution in [2.45, 2.75) is 52.0 Å². The number of halogens is 1. The first-order valence-corrected chi connectivity index (χ1v) is 11.5. The van der Waals surface area contributed by atoms with Crippen LogP contribution in [0.3, 0.4) is 0 Å². The molecule has 2 amide bonds. The quantitative estimate of drug-likeness (QED) is 0.526. The first kappa shape index (κ1) is 23.9. The van der Waals surface area contributed by atoms with Gasteiger partial charge in [-0.2, -0.15) is 0 Å². The molecule has 0 radical (unpaired) electrons. The number of rotatable bonds is 11. The van der Waals surface area contributed by atoms with Gasteiger partial charge in [0.2, 0.25) is 11.8 Å². The first-order valence-electron chi connectivity index (χ1n) is 10.4. The summed E-state index contributed by atoms with van der Waals surface area (Å²) in [6, 6.07) is 13.7. The Balaban J connectivity index is 2.02. The highest BCUT2D eigenvalue weighted by Crippen LogP contribution is 2.16. The normalized spacial score (nSPS) is 11.7. The third-order valence-corrected chi connectivity index (χ3v) is 5.87. The highest BCUT2D eigenvalue weighted by Gasteiger charge is 2.25. The van der Waals surface area contributed by atoms with Gasteiger partial charge < -0.3 is 10.2 Å². The van der Waals surface area contributed by atoms with Crippen molar-refractivity contribution in [2.24, 2.45) is 0 Å². The summed E-state index contributed by atoms with van der Waals surface area (Å²) in [7, 11) is 0. The third kappa shape index (κ3) is 7.82. The second-order valence-corrected chi connectivity index (χ2v) is 8.43. The third-order valence-electron chi connectivity index (χ3n) is 4.88. The Morgan fingerprint density at radius 3 is 2.33 bits per heavy atom. The van der Waals surface area contributed by atoms with E-state index in [9.17, 15) is 14.0 Å². The van der Waals surface area contributed by atoms with Crippen LogP contribution in [0.4, 0.5) is 4.39 Å². The Morgan fingerprint density at radius 2 is 1.70 bits per heavy atom. The number of carbonyl (C=O) groups is 2. The van der Waals surface area contributed by atoms with E-state index in [-0.39, 0.29) is 23.4 Å². The molecule has 2 aromatic carbocycles. The van der Waals surface area contributed by atoms with Crippen molar-refractivity contribution in [1.82, 2.24) is 10.2 Å². The number of hydrogen-bond acceptors (Lipinski definition) is 3. The number of carbonyl (C=O) groups excluding carboxylic acids is 2. The molecule has 1 atom stereocenters. The lowest BCUT2D eigenvalue weighted by Crippen LogP contribution is -2.48. The number of nitrogens with one attached hydrogen (secondary N) is 1. The fourth-order valence-corrected chi connectivity index (χ4v) is 3.80. The van der Waals surface area contributed by atoms with E-state index in [1.54, 1.807) is 24.0 Å². The largest absolute Gasteiger partial charge is 0.354 e. The van der Waals surface area contributed by atoms with Gasteiger partial charge in [0.15, 0.2) is 0 Å². The summed E-state index contributed by atoms with van der Waals surface area (Å²) in [5, 5.41) is 2.93. The van der Waals surface area contributed by atoms with E-state index in [1.165, 1.54) is 23.9 Å². The van der Waals surface area contributed by atoms with Crippen LogP contribution in [0.25, 0.3) is 0 Å². The van der Waals surface area contributed by atoms with Crippen LogP contribution in [0.5, 0.6) is 0 Å². The number of nitrogens with zero attached hydrogens (tertiary/aromatic N) is 1. The predicted molar refractivity (Wildman–Crippen MR) is 122 cm³/mol. The second-order valence-electron chi connectivity index (χ2n) is 7.45. The molecule has 30 heavy (non-hydrogen) atoms. The first-order chi connectivity index (χ1) is 14.4. The van der Waals surface area contributed by atoms with Crippen LogP contribution in [0.2, 0.25) is 0 Å². The maximum atomic E-state index is 13.0. The van der Waals surface area contributed by atoms with E-state index in [1.807, 2.05) is 31.2 Å². The van der Waals surface area contributed by atoms with Crippen LogP contribution in [-0.2, 0) is 21.9 Å². The summed E-state index contributed by atoms with van der Waals surface area (Å²) in [5.74, 6) is 0.386. The fraction of sp³-hybridized carbons (Fsp3) is 0.417. The summed E-state index contributed by atoms with van der Waals surface area (Å²) >= 11 is 1.47. The van der Waals surface area contributed by atoms with E-state index >= 15 is 0 Å². The van der Waals surface area contributed by atoms with Gasteiger partial charge in [0.1, 0.15) is 11.9 Å². The van der Waals surface area contributed by atoms with Gasteiger partial charge in [-0.25, -0.2) is 4.39 Å². The van der Waals surface area contributed by atoms with E-state index in [0.717, 1.165) is 29.5 Å². The van der Waals surface area contributed by atoms with E-state index in [2.05, 4.69) is 12.2 Å². The topological polar surface area (TPSA) is 49.4 Å². The molecule has 0 bridgehead atoms. The average Bonchev–Trinajstić information content (AvgIpc) is 2.74. The molecule has 6 heteroatoms. The zero-order chi connectivity index (χ0) is 21.9. The molecular formula is C24H31FN2O2S. The molecule has 0 aliphatic rings. The minimum Gasteiger partial charge on any atom is -0.354 e. The molecule has 2 aromatic rings. The maximum absolute atomic E-state index is 13.0. The zero-order valence-electron chi connectivity index (χ0n) is 18.0. The highest BCUT2D eigenvalue weighted by atomic mass is 32.2. The smallest absolute Gasteiger partial charge is 0.242 e. The Bertz CT molecular complexity index is 809. The molecule has 0 aromatic heterocycles. The standard InChI is InChI=1S/C24H31FN2O2S/c1-4-5-14-26-24(29)19(3)27(15-20-8-6-18(2)7-9-20)23(28)17-30-16-21-10-12-22(25)13-11-21/h6-13,19H,4-5,14-17H2,1-3H3,(H,26,29)/t19-/m0/s1. The van der Waals surface area contributed by atoms with Gasteiger partial charge in [-0.3, -0.25) is 9.59 Å². The molecule has 0 saturated carbocycles. The van der Waals surface area contributed by atoms with Crippen LogP contribution in [0.15, 0.2) is 48.5 Å². The Morgan fingerprint density at radius 1 is 1.07 bits per heavy atom. The van der Waals surface area contributed by atoms with Crippen LogP contribution < -0.4 is 5.32 Å². The van der Waals surface area contributed by atoms with Gasteiger partial charge in [-0.15, -0.1) is 11.8 Å². The maximum Gasteiger partial charge on any atom is 0.242 e. The van der Waals surface area contributed by atoms with Crippen molar-refractivity contribution >= 4 is 23.6 Å². The second kappa shape index (κ2) is 12.4. The molecule has 162 valence electrons. The molecule has 0 heterocycles. The van der Waals surface area contributed by atoms with Crippen molar-refractivity contribution in [2.75, 3.05) is 12.3 Å². The number of aryl methyl sites for hydroxylation is 1. The molecular weight excluding hydrogens is 399 g/mol. The van der Waals surface area contributed by atoms with Gasteiger partial charge >= 0.3 is 0 Å².